The van der Waals surface area contributed by atoms with Crippen LogP contribution < -0.4 is 26.6 Å². The monoisotopic (exact) mass is 639 g/mol. The van der Waals surface area contributed by atoms with Gasteiger partial charge in [0.1, 0.15) is 18.1 Å². The van der Waals surface area contributed by atoms with Gasteiger partial charge in [-0.25, -0.2) is 9.18 Å². The summed E-state index contributed by atoms with van der Waals surface area (Å²) in [6, 6.07) is 13.5. The van der Waals surface area contributed by atoms with Gasteiger partial charge >= 0.3 is 6.03 Å². The van der Waals surface area contributed by atoms with Crippen LogP contribution in [0.5, 0.6) is 0 Å². The van der Waals surface area contributed by atoms with E-state index < -0.39 is 23.8 Å². The van der Waals surface area contributed by atoms with E-state index in [0.717, 1.165) is 30.6 Å². The van der Waals surface area contributed by atoms with E-state index in [2.05, 4.69) is 26.6 Å². The van der Waals surface area contributed by atoms with Crippen LogP contribution in [0.4, 0.5) is 9.18 Å². The lowest BCUT2D eigenvalue weighted by Crippen LogP contribution is -2.51. The van der Waals surface area contributed by atoms with Gasteiger partial charge in [0.15, 0.2) is 0 Å². The second-order valence-electron chi connectivity index (χ2n) is 11.6. The molecule has 0 bridgehead atoms. The number of unbranched alkanes of at least 4 members (excludes halogenated alkanes) is 2. The summed E-state index contributed by atoms with van der Waals surface area (Å²) in [5.74, 6) is -0.335. The maximum absolute atomic E-state index is 13.2. The van der Waals surface area contributed by atoms with Crippen molar-refractivity contribution in [1.29, 1.82) is 0 Å². The number of benzene rings is 2. The van der Waals surface area contributed by atoms with Crippen LogP contribution in [0.2, 0.25) is 0 Å². The zero-order valence-electron chi connectivity index (χ0n) is 25.3. The van der Waals surface area contributed by atoms with Crippen molar-refractivity contribution >= 4 is 41.8 Å². The minimum atomic E-state index is -0.899. The third kappa shape index (κ3) is 11.2. The van der Waals surface area contributed by atoms with E-state index in [1.54, 1.807) is 0 Å². The molecule has 5 amide bonds. The summed E-state index contributed by atoms with van der Waals surface area (Å²) in [5.41, 5.74) is 1.47. The van der Waals surface area contributed by atoms with Gasteiger partial charge in [0, 0.05) is 30.4 Å². The topological polar surface area (TPSA) is 146 Å². The molecule has 0 aliphatic carbocycles. The SMILES string of the molecule is O=C[C@H](CCCCNC(=O)CCCC[C@@H]1SC[C@@H]2NC(=O)N[C@@H]21)NC(=O)[C@H](Cc1ccccc1)NC(=O)Cc1ccc(F)cc1. The van der Waals surface area contributed by atoms with Gasteiger partial charge < -0.3 is 31.4 Å². The Kier molecular flexibility index (Phi) is 13.2. The number of carbonyl (C=O) groups excluding carboxylic acids is 5. The van der Waals surface area contributed by atoms with E-state index in [1.165, 1.54) is 24.3 Å². The van der Waals surface area contributed by atoms with E-state index in [-0.39, 0.29) is 42.8 Å². The van der Waals surface area contributed by atoms with E-state index >= 15 is 0 Å². The van der Waals surface area contributed by atoms with Crippen LogP contribution >= 0.6 is 11.8 Å². The highest BCUT2D eigenvalue weighted by Gasteiger charge is 2.42. The van der Waals surface area contributed by atoms with Crippen LogP contribution in [0.3, 0.4) is 0 Å². The first-order chi connectivity index (χ1) is 21.8. The number of amides is 5. The molecular weight excluding hydrogens is 597 g/mol. The Balaban J connectivity index is 1.13. The summed E-state index contributed by atoms with van der Waals surface area (Å²) in [5, 5.41) is 14.7. The average molecular weight is 640 g/mol. The lowest BCUT2D eigenvalue weighted by Gasteiger charge is -2.21. The number of halogens is 1. The van der Waals surface area contributed by atoms with Gasteiger partial charge in [-0.15, -0.1) is 0 Å². The van der Waals surface area contributed by atoms with Gasteiger partial charge in [-0.1, -0.05) is 48.9 Å². The summed E-state index contributed by atoms with van der Waals surface area (Å²) in [4.78, 5) is 61.5. The summed E-state index contributed by atoms with van der Waals surface area (Å²) < 4.78 is 13.2. The van der Waals surface area contributed by atoms with Crippen LogP contribution in [0.15, 0.2) is 54.6 Å². The molecule has 5 N–H and O–H groups in total. The molecular formula is C33H42FN5O5S. The molecule has 2 fully saturated rings. The average Bonchev–Trinajstić information content (AvgIpc) is 3.58. The lowest BCUT2D eigenvalue weighted by atomic mass is 10.0. The second-order valence-corrected chi connectivity index (χ2v) is 12.8. The van der Waals surface area contributed by atoms with Gasteiger partial charge in [0.05, 0.1) is 24.5 Å². The minimum absolute atomic E-state index is 0.0110. The molecule has 10 nitrogen and oxygen atoms in total. The van der Waals surface area contributed by atoms with Crippen LogP contribution in [-0.4, -0.2) is 71.8 Å². The highest BCUT2D eigenvalue weighted by Crippen LogP contribution is 2.33. The fourth-order valence-corrected chi connectivity index (χ4v) is 7.17. The van der Waals surface area contributed by atoms with Crippen molar-refractivity contribution in [2.75, 3.05) is 12.3 Å². The van der Waals surface area contributed by atoms with E-state index in [4.69, 9.17) is 0 Å². The summed E-state index contributed by atoms with van der Waals surface area (Å²) in [6.07, 6.45) is 5.70. The number of hydrogen-bond donors (Lipinski definition) is 5. The number of urea groups is 1. The standard InChI is InChI=1S/C33H42FN5O5S/c34-24-15-13-23(14-16-24)19-30(42)37-26(18-22-8-2-1-3-9-22)32(43)36-25(20-40)10-6-7-17-35-29(41)12-5-4-11-28-31-27(21-45-28)38-33(44)39-31/h1-3,8-9,13-16,20,25-28,31H,4-7,10-12,17-19,21H2,(H,35,41)(H,36,43)(H,37,42)(H2,38,39,44)/t25-,26-,27-,28-,31-/m0/s1. The predicted octanol–water partition coefficient (Wildman–Crippen LogP) is 2.79. The van der Waals surface area contributed by atoms with Crippen molar-refractivity contribution in [3.8, 4) is 0 Å². The molecule has 2 saturated heterocycles. The molecule has 0 aromatic heterocycles. The quantitative estimate of drug-likeness (QED) is 0.0964. The fourth-order valence-electron chi connectivity index (χ4n) is 5.63. The Morgan fingerprint density at radius 3 is 2.47 bits per heavy atom. The van der Waals surface area contributed by atoms with Gasteiger partial charge in [0.25, 0.3) is 0 Å². The van der Waals surface area contributed by atoms with Gasteiger partial charge in [-0.2, -0.15) is 11.8 Å². The van der Waals surface area contributed by atoms with Gasteiger partial charge in [-0.3, -0.25) is 14.4 Å². The Bertz CT molecular complexity index is 1300. The van der Waals surface area contributed by atoms with Gasteiger partial charge in [-0.05, 0) is 55.4 Å². The lowest BCUT2D eigenvalue weighted by molar-refractivity contribution is -0.129. The number of rotatable bonds is 18. The molecule has 4 rings (SSSR count). The number of fused-ring (bicyclic) bond motifs is 1. The van der Waals surface area contributed by atoms with Crippen molar-refractivity contribution in [2.45, 2.75) is 87.2 Å². The smallest absolute Gasteiger partial charge is 0.315 e. The van der Waals surface area contributed by atoms with Crippen molar-refractivity contribution in [3.05, 3.63) is 71.5 Å². The molecule has 12 heteroatoms. The first-order valence-corrected chi connectivity index (χ1v) is 16.6. The number of nitrogens with one attached hydrogen (secondary N) is 5. The molecule has 45 heavy (non-hydrogen) atoms. The van der Waals surface area contributed by atoms with Gasteiger partial charge in [0.2, 0.25) is 17.7 Å². The van der Waals surface area contributed by atoms with Crippen LogP contribution in [0.25, 0.3) is 0 Å². The summed E-state index contributed by atoms with van der Waals surface area (Å²) in [7, 11) is 0. The Morgan fingerprint density at radius 2 is 1.71 bits per heavy atom. The molecule has 0 unspecified atom stereocenters. The summed E-state index contributed by atoms with van der Waals surface area (Å²) >= 11 is 1.87. The van der Waals surface area contributed by atoms with Crippen LogP contribution in [0.1, 0.15) is 56.1 Å². The molecule has 2 aromatic carbocycles. The molecule has 2 aliphatic heterocycles. The van der Waals surface area contributed by atoms with Crippen molar-refractivity contribution in [3.63, 3.8) is 0 Å². The largest absolute Gasteiger partial charge is 0.356 e. The molecule has 2 aromatic rings. The highest BCUT2D eigenvalue weighted by atomic mass is 32.2. The fraction of sp³-hybridized carbons (Fsp3) is 0.485. The number of hydrogen-bond acceptors (Lipinski definition) is 6. The summed E-state index contributed by atoms with van der Waals surface area (Å²) in [6.45, 7) is 0.481. The molecule has 5 atom stereocenters. The maximum Gasteiger partial charge on any atom is 0.315 e. The Morgan fingerprint density at radius 1 is 0.933 bits per heavy atom. The second kappa shape index (κ2) is 17.5. The van der Waals surface area contributed by atoms with E-state index in [1.807, 2.05) is 42.1 Å². The van der Waals surface area contributed by atoms with Crippen molar-refractivity contribution in [1.82, 2.24) is 26.6 Å². The Hall–Kier alpha value is -3.93. The third-order valence-electron chi connectivity index (χ3n) is 8.05. The number of aldehydes is 1. The van der Waals surface area contributed by atoms with Crippen LogP contribution in [-0.2, 0) is 32.0 Å². The molecule has 2 heterocycles. The first kappa shape index (κ1) is 34.0. The third-order valence-corrected chi connectivity index (χ3v) is 9.56. The number of thioether (sulfide) groups is 1. The molecule has 0 spiro atoms. The van der Waals surface area contributed by atoms with Crippen LogP contribution in [0, 0.1) is 5.82 Å². The molecule has 0 radical (unpaired) electrons. The minimum Gasteiger partial charge on any atom is -0.356 e. The zero-order chi connectivity index (χ0) is 32.0. The maximum atomic E-state index is 13.2. The first-order valence-electron chi connectivity index (χ1n) is 15.6. The zero-order valence-corrected chi connectivity index (χ0v) is 26.1. The number of carbonyl (C=O) groups is 5. The molecule has 242 valence electrons. The molecule has 2 aliphatic rings. The van der Waals surface area contributed by atoms with Crippen molar-refractivity contribution < 1.29 is 28.4 Å². The highest BCUT2D eigenvalue weighted by molar-refractivity contribution is 8.00. The van der Waals surface area contributed by atoms with E-state index in [0.29, 0.717) is 49.3 Å². The molecule has 0 saturated carbocycles. The van der Waals surface area contributed by atoms with E-state index in [9.17, 15) is 28.4 Å². The Labute approximate surface area is 267 Å². The normalized spacial score (nSPS) is 19.8. The van der Waals surface area contributed by atoms with Crippen molar-refractivity contribution in [2.24, 2.45) is 0 Å². The predicted molar refractivity (Wildman–Crippen MR) is 171 cm³/mol.